The van der Waals surface area contributed by atoms with Gasteiger partial charge in [0, 0.05) is 41.6 Å². The van der Waals surface area contributed by atoms with E-state index in [-0.39, 0.29) is 35.2 Å². The van der Waals surface area contributed by atoms with Gasteiger partial charge in [-0.1, -0.05) is 60.1 Å². The van der Waals surface area contributed by atoms with Crippen LogP contribution in [-0.2, 0) is 21.4 Å². The fourth-order valence-electron chi connectivity index (χ4n) is 6.29. The first-order valence-electron chi connectivity index (χ1n) is 15.5. The predicted octanol–water partition coefficient (Wildman–Crippen LogP) is 7.97. The number of nitrogens with zero attached hydrogens (tertiary/aromatic N) is 2. The van der Waals surface area contributed by atoms with E-state index in [0.29, 0.717) is 29.4 Å². The maximum atomic E-state index is 15.1. The van der Waals surface area contributed by atoms with Crippen molar-refractivity contribution in [1.82, 2.24) is 4.90 Å². The van der Waals surface area contributed by atoms with Crippen molar-refractivity contribution in [1.29, 1.82) is 0 Å². The van der Waals surface area contributed by atoms with Crippen molar-refractivity contribution < 1.29 is 26.7 Å². The number of hydrogen-bond donors (Lipinski definition) is 0. The quantitative estimate of drug-likeness (QED) is 0.163. The Morgan fingerprint density at radius 2 is 1.67 bits per heavy atom. The zero-order valence-corrected chi connectivity index (χ0v) is 26.8. The Bertz CT molecular complexity index is 1790. The number of sulfonamides is 1. The maximum Gasteiger partial charge on any atom is 0.264 e. The van der Waals surface area contributed by atoms with Gasteiger partial charge in [0.1, 0.15) is 17.4 Å². The lowest BCUT2D eigenvalue weighted by molar-refractivity contribution is -0.136. The number of likely N-dealkylation sites (tertiary alicyclic amines) is 1. The molecule has 6 rings (SSSR count). The van der Waals surface area contributed by atoms with Crippen molar-refractivity contribution in [2.45, 2.75) is 55.5 Å². The van der Waals surface area contributed by atoms with Crippen molar-refractivity contribution in [2.75, 3.05) is 17.5 Å². The molecule has 1 saturated heterocycles. The van der Waals surface area contributed by atoms with Crippen molar-refractivity contribution in [2.24, 2.45) is 5.92 Å². The Morgan fingerprint density at radius 3 is 2.46 bits per heavy atom. The van der Waals surface area contributed by atoms with Crippen LogP contribution >= 0.6 is 11.6 Å². The zero-order chi connectivity index (χ0) is 32.3. The first kappa shape index (κ1) is 32.0. The van der Waals surface area contributed by atoms with Gasteiger partial charge < -0.3 is 9.64 Å². The van der Waals surface area contributed by atoms with Gasteiger partial charge in [0.05, 0.1) is 23.7 Å². The largest absolute Gasteiger partial charge is 0.493 e. The summed E-state index contributed by atoms with van der Waals surface area (Å²) < 4.78 is 64.1. The van der Waals surface area contributed by atoms with Gasteiger partial charge in [0.25, 0.3) is 10.0 Å². The van der Waals surface area contributed by atoms with E-state index in [1.165, 1.54) is 29.8 Å². The number of piperidine rings is 1. The summed E-state index contributed by atoms with van der Waals surface area (Å²) in [6.45, 7) is 0.726. The molecule has 1 amide bonds. The molecular formula is C36H35ClF2N2O4S. The summed E-state index contributed by atoms with van der Waals surface area (Å²) in [7, 11) is -4.34. The molecule has 1 aliphatic heterocycles. The van der Waals surface area contributed by atoms with Gasteiger partial charge in [-0.25, -0.2) is 17.2 Å². The van der Waals surface area contributed by atoms with Crippen LogP contribution < -0.4 is 9.04 Å². The molecule has 0 bridgehead atoms. The topological polar surface area (TPSA) is 66.9 Å². The van der Waals surface area contributed by atoms with E-state index in [1.807, 2.05) is 23.1 Å². The highest BCUT2D eigenvalue weighted by atomic mass is 35.5. The molecule has 3 unspecified atom stereocenters. The Balaban J connectivity index is 1.18. The molecule has 240 valence electrons. The van der Waals surface area contributed by atoms with Crippen LogP contribution in [0.2, 0.25) is 5.02 Å². The summed E-state index contributed by atoms with van der Waals surface area (Å²) in [5.74, 6) is -0.736. The molecule has 2 fully saturated rings. The van der Waals surface area contributed by atoms with Crippen LogP contribution in [0, 0.1) is 17.6 Å². The van der Waals surface area contributed by atoms with E-state index in [0.717, 1.165) is 54.7 Å². The third kappa shape index (κ3) is 7.05. The van der Waals surface area contributed by atoms with Crippen LogP contribution in [-0.4, -0.2) is 38.4 Å². The van der Waals surface area contributed by atoms with Gasteiger partial charge >= 0.3 is 0 Å². The zero-order valence-electron chi connectivity index (χ0n) is 25.2. The summed E-state index contributed by atoms with van der Waals surface area (Å²) in [5.41, 5.74) is 1.26. The number of benzene rings is 4. The second-order valence-corrected chi connectivity index (χ2v) is 14.1. The summed E-state index contributed by atoms with van der Waals surface area (Å²) in [4.78, 5) is 15.4. The predicted molar refractivity (Wildman–Crippen MR) is 174 cm³/mol. The lowest BCUT2D eigenvalue weighted by Gasteiger charge is -2.36. The van der Waals surface area contributed by atoms with E-state index in [1.54, 1.807) is 24.3 Å². The standard InChI is InChI=1S/C36H35ClF2N2O4S/c37-27-13-16-30(17-14-27)46(43,44)41(34-22-28(38)15-18-33(34)39)24-26-10-4-5-12-35(26)45-21-19-29-11-6-7-20-40(29)36(42)32-23-31(32)25-8-2-1-3-9-25/h1-5,8-10,12-18,22,29,31-32H,6-7,11,19-21,23-24H2. The summed E-state index contributed by atoms with van der Waals surface area (Å²) in [5, 5.41) is 0.340. The second-order valence-electron chi connectivity index (χ2n) is 11.8. The molecule has 46 heavy (non-hydrogen) atoms. The lowest BCUT2D eigenvalue weighted by Crippen LogP contribution is -2.45. The maximum absolute atomic E-state index is 15.1. The van der Waals surface area contributed by atoms with Crippen LogP contribution in [0.25, 0.3) is 0 Å². The minimum Gasteiger partial charge on any atom is -0.493 e. The van der Waals surface area contributed by atoms with Crippen molar-refractivity contribution in [3.05, 3.63) is 125 Å². The number of halogens is 3. The van der Waals surface area contributed by atoms with Gasteiger partial charge in [-0.15, -0.1) is 0 Å². The number of hydrogen-bond acceptors (Lipinski definition) is 4. The highest BCUT2D eigenvalue weighted by Gasteiger charge is 2.47. The van der Waals surface area contributed by atoms with E-state index in [2.05, 4.69) is 12.1 Å². The van der Waals surface area contributed by atoms with Crippen molar-refractivity contribution >= 4 is 33.2 Å². The number of carbonyl (C=O) groups is 1. The summed E-state index contributed by atoms with van der Waals surface area (Å²) in [6.07, 6.45) is 4.40. The Labute approximate surface area is 273 Å². The van der Waals surface area contributed by atoms with E-state index in [9.17, 15) is 17.6 Å². The van der Waals surface area contributed by atoms with Gasteiger partial charge in [0.15, 0.2) is 0 Å². The fraction of sp³-hybridized carbons (Fsp3) is 0.306. The third-order valence-corrected chi connectivity index (χ3v) is 10.8. The van der Waals surface area contributed by atoms with Gasteiger partial charge in [-0.3, -0.25) is 9.10 Å². The molecule has 2 aliphatic rings. The second kappa shape index (κ2) is 13.8. The average molecular weight is 665 g/mol. The molecule has 4 aromatic carbocycles. The van der Waals surface area contributed by atoms with Crippen molar-refractivity contribution in [3.63, 3.8) is 0 Å². The summed E-state index contributed by atoms with van der Waals surface area (Å²) >= 11 is 5.98. The number of anilines is 1. The first-order chi connectivity index (χ1) is 22.2. The smallest absolute Gasteiger partial charge is 0.264 e. The highest BCUT2D eigenvalue weighted by molar-refractivity contribution is 7.92. The molecule has 1 heterocycles. The molecule has 0 spiro atoms. The first-order valence-corrected chi connectivity index (χ1v) is 17.3. The Morgan fingerprint density at radius 1 is 0.935 bits per heavy atom. The summed E-state index contributed by atoms with van der Waals surface area (Å²) in [6, 6.07) is 25.4. The van der Waals surface area contributed by atoms with Crippen LogP contribution in [0.5, 0.6) is 5.75 Å². The average Bonchev–Trinajstić information content (AvgIpc) is 3.87. The van der Waals surface area contributed by atoms with Gasteiger partial charge in [0.2, 0.25) is 5.91 Å². The molecule has 10 heteroatoms. The number of amides is 1. The lowest BCUT2D eigenvalue weighted by atomic mass is 9.98. The van der Waals surface area contributed by atoms with Crippen LogP contribution in [0.3, 0.4) is 0 Å². The minimum absolute atomic E-state index is 0.0152. The molecule has 0 aromatic heterocycles. The van der Waals surface area contributed by atoms with Crippen LogP contribution in [0.1, 0.15) is 49.1 Å². The SMILES string of the molecule is O=C(C1CC1c1ccccc1)N1CCCCC1CCOc1ccccc1CN(c1cc(F)ccc1F)S(=O)(=O)c1ccc(Cl)cc1. The molecule has 0 radical (unpaired) electrons. The number of para-hydroxylation sites is 1. The molecule has 1 aliphatic carbocycles. The normalized spacial score (nSPS) is 19.5. The van der Waals surface area contributed by atoms with E-state index >= 15 is 4.39 Å². The van der Waals surface area contributed by atoms with Crippen LogP contribution in [0.4, 0.5) is 14.5 Å². The Hall–Kier alpha value is -3.95. The third-order valence-electron chi connectivity index (χ3n) is 8.82. The molecule has 3 atom stereocenters. The highest BCUT2D eigenvalue weighted by Crippen LogP contribution is 2.49. The number of ether oxygens (including phenoxy) is 1. The van der Waals surface area contributed by atoms with Crippen molar-refractivity contribution in [3.8, 4) is 5.75 Å². The molecular weight excluding hydrogens is 630 g/mol. The molecule has 6 nitrogen and oxygen atoms in total. The molecule has 1 saturated carbocycles. The monoisotopic (exact) mass is 664 g/mol. The minimum atomic E-state index is -4.34. The van der Waals surface area contributed by atoms with E-state index in [4.69, 9.17) is 16.3 Å². The Kier molecular flexibility index (Phi) is 9.61. The number of rotatable bonds is 11. The molecule has 0 N–H and O–H groups in total. The van der Waals surface area contributed by atoms with Gasteiger partial charge in [-0.2, -0.15) is 0 Å². The van der Waals surface area contributed by atoms with E-state index < -0.39 is 27.3 Å². The van der Waals surface area contributed by atoms with Gasteiger partial charge in [-0.05, 0) is 79.6 Å². The molecule has 4 aromatic rings. The number of carbonyl (C=O) groups excluding carboxylic acids is 1. The van der Waals surface area contributed by atoms with Crippen LogP contribution in [0.15, 0.2) is 102 Å². The fourth-order valence-corrected chi connectivity index (χ4v) is 7.85.